The Morgan fingerprint density at radius 2 is 2.04 bits per heavy atom. The molecular weight excluding hydrogens is 372 g/mol. The van der Waals surface area contributed by atoms with Gasteiger partial charge in [0.15, 0.2) is 5.16 Å². The lowest BCUT2D eigenvalue weighted by molar-refractivity contribution is 0.681. The zero-order valence-electron chi connectivity index (χ0n) is 15.8. The van der Waals surface area contributed by atoms with Crippen LogP contribution in [0.2, 0.25) is 0 Å². The van der Waals surface area contributed by atoms with Gasteiger partial charge in [-0.05, 0) is 24.3 Å². The van der Waals surface area contributed by atoms with E-state index in [0.29, 0.717) is 11.8 Å². The van der Waals surface area contributed by atoms with Crippen LogP contribution in [0.3, 0.4) is 0 Å². The maximum Gasteiger partial charge on any atom is 0.191 e. The number of nitrogens with zero attached hydrogens (tertiary/aromatic N) is 4. The minimum atomic E-state index is 0.552. The summed E-state index contributed by atoms with van der Waals surface area (Å²) in [6.45, 7) is 9.07. The van der Waals surface area contributed by atoms with Gasteiger partial charge in [-0.25, -0.2) is 4.98 Å². The molecule has 0 spiro atoms. The SMILES string of the molecule is C=CCn1c(SCc2csc(-c3ccc(C(C)C)cc3)n2)nnc1C1CC1. The summed E-state index contributed by atoms with van der Waals surface area (Å²) < 4.78 is 2.20. The molecule has 140 valence electrons. The molecule has 1 saturated carbocycles. The lowest BCUT2D eigenvalue weighted by Crippen LogP contribution is -2.02. The molecule has 1 aliphatic rings. The number of aromatic nitrogens is 4. The fourth-order valence-electron chi connectivity index (χ4n) is 3.01. The van der Waals surface area contributed by atoms with Crippen molar-refractivity contribution in [3.63, 3.8) is 0 Å². The molecule has 2 aromatic heterocycles. The van der Waals surface area contributed by atoms with Gasteiger partial charge in [-0.2, -0.15) is 0 Å². The quantitative estimate of drug-likeness (QED) is 0.352. The van der Waals surface area contributed by atoms with Crippen LogP contribution in [0, 0.1) is 0 Å². The van der Waals surface area contributed by atoms with Crippen LogP contribution >= 0.6 is 23.1 Å². The molecule has 0 radical (unpaired) electrons. The third kappa shape index (κ3) is 4.17. The average molecular weight is 397 g/mol. The first-order chi connectivity index (χ1) is 13.2. The van der Waals surface area contributed by atoms with Crippen molar-refractivity contribution in [1.29, 1.82) is 0 Å². The van der Waals surface area contributed by atoms with Crippen molar-refractivity contribution in [2.24, 2.45) is 0 Å². The Labute approximate surface area is 168 Å². The van der Waals surface area contributed by atoms with Crippen LogP contribution in [0.1, 0.15) is 55.6 Å². The van der Waals surface area contributed by atoms with Crippen molar-refractivity contribution < 1.29 is 0 Å². The average Bonchev–Trinajstić information content (AvgIpc) is 3.27. The summed E-state index contributed by atoms with van der Waals surface area (Å²) >= 11 is 3.41. The molecule has 4 nitrogen and oxygen atoms in total. The summed E-state index contributed by atoms with van der Waals surface area (Å²) in [7, 11) is 0. The second-order valence-corrected chi connectivity index (χ2v) is 9.02. The molecule has 0 bridgehead atoms. The lowest BCUT2D eigenvalue weighted by Gasteiger charge is -2.06. The number of benzene rings is 1. The second-order valence-electron chi connectivity index (χ2n) is 7.22. The van der Waals surface area contributed by atoms with Crippen LogP contribution in [-0.4, -0.2) is 19.7 Å². The Bertz CT molecular complexity index is 920. The monoisotopic (exact) mass is 396 g/mol. The fourth-order valence-corrected chi connectivity index (χ4v) is 4.78. The van der Waals surface area contributed by atoms with Gasteiger partial charge < -0.3 is 4.57 Å². The molecule has 0 saturated heterocycles. The van der Waals surface area contributed by atoms with E-state index in [2.05, 4.69) is 64.8 Å². The fraction of sp³-hybridized carbons (Fsp3) is 0.381. The second kappa shape index (κ2) is 7.98. The Morgan fingerprint density at radius 1 is 1.26 bits per heavy atom. The normalized spacial score (nSPS) is 14.0. The van der Waals surface area contributed by atoms with Crippen molar-refractivity contribution >= 4 is 23.1 Å². The van der Waals surface area contributed by atoms with E-state index >= 15 is 0 Å². The minimum Gasteiger partial charge on any atom is -0.302 e. The van der Waals surface area contributed by atoms with Crippen molar-refractivity contribution in [2.45, 2.75) is 56.0 Å². The lowest BCUT2D eigenvalue weighted by atomic mass is 10.0. The van der Waals surface area contributed by atoms with Gasteiger partial charge in [0, 0.05) is 29.2 Å². The van der Waals surface area contributed by atoms with Gasteiger partial charge in [0.2, 0.25) is 0 Å². The Kier molecular flexibility index (Phi) is 5.45. The zero-order chi connectivity index (χ0) is 18.8. The van der Waals surface area contributed by atoms with E-state index in [4.69, 9.17) is 4.98 Å². The van der Waals surface area contributed by atoms with Gasteiger partial charge in [0.05, 0.1) is 5.69 Å². The summed E-state index contributed by atoms with van der Waals surface area (Å²) in [6.07, 6.45) is 4.37. The van der Waals surface area contributed by atoms with Gasteiger partial charge in [-0.15, -0.1) is 28.1 Å². The maximum absolute atomic E-state index is 4.82. The standard InChI is InChI=1S/C21H24N4S2/c1-4-11-25-19(16-7-8-16)23-24-21(25)27-13-18-12-26-20(22-18)17-9-5-15(6-10-17)14(2)3/h4-6,9-10,12,14,16H,1,7-8,11,13H2,2-3H3. The number of allylic oxidation sites excluding steroid dienone is 1. The summed E-state index contributed by atoms with van der Waals surface area (Å²) in [5.74, 6) is 3.06. The number of rotatable bonds is 8. The van der Waals surface area contributed by atoms with Gasteiger partial charge in [0.25, 0.3) is 0 Å². The summed E-state index contributed by atoms with van der Waals surface area (Å²) in [4.78, 5) is 4.82. The van der Waals surface area contributed by atoms with Crippen LogP contribution in [0.5, 0.6) is 0 Å². The van der Waals surface area contributed by atoms with E-state index in [1.165, 1.54) is 24.0 Å². The molecule has 0 amide bonds. The maximum atomic E-state index is 4.82. The van der Waals surface area contributed by atoms with E-state index in [-0.39, 0.29) is 0 Å². The predicted molar refractivity (Wildman–Crippen MR) is 113 cm³/mol. The number of thioether (sulfide) groups is 1. The summed E-state index contributed by atoms with van der Waals surface area (Å²) in [5, 5.41) is 13.0. The summed E-state index contributed by atoms with van der Waals surface area (Å²) in [6, 6.07) is 8.75. The highest BCUT2D eigenvalue weighted by Gasteiger charge is 2.30. The van der Waals surface area contributed by atoms with Crippen LogP contribution in [0.25, 0.3) is 10.6 Å². The van der Waals surface area contributed by atoms with Gasteiger partial charge in [-0.1, -0.05) is 56.0 Å². The van der Waals surface area contributed by atoms with E-state index in [1.54, 1.807) is 23.1 Å². The van der Waals surface area contributed by atoms with Crippen LogP contribution < -0.4 is 0 Å². The molecule has 2 heterocycles. The highest BCUT2D eigenvalue weighted by atomic mass is 32.2. The molecule has 4 rings (SSSR count). The molecule has 1 aromatic carbocycles. The molecule has 0 atom stereocenters. The van der Waals surface area contributed by atoms with E-state index in [0.717, 1.165) is 34.0 Å². The third-order valence-electron chi connectivity index (χ3n) is 4.72. The molecule has 3 aromatic rings. The molecule has 0 unspecified atom stereocenters. The molecule has 0 N–H and O–H groups in total. The van der Waals surface area contributed by atoms with Crippen LogP contribution in [-0.2, 0) is 12.3 Å². The molecule has 1 aliphatic carbocycles. The van der Waals surface area contributed by atoms with E-state index in [1.807, 2.05) is 6.08 Å². The number of hydrogen-bond donors (Lipinski definition) is 0. The molecule has 27 heavy (non-hydrogen) atoms. The van der Waals surface area contributed by atoms with Gasteiger partial charge in [-0.3, -0.25) is 0 Å². The topological polar surface area (TPSA) is 43.6 Å². The van der Waals surface area contributed by atoms with Crippen molar-refractivity contribution in [3.8, 4) is 10.6 Å². The first-order valence-electron chi connectivity index (χ1n) is 9.37. The zero-order valence-corrected chi connectivity index (χ0v) is 17.4. The van der Waals surface area contributed by atoms with E-state index in [9.17, 15) is 0 Å². The Morgan fingerprint density at radius 3 is 2.70 bits per heavy atom. The van der Waals surface area contributed by atoms with Crippen molar-refractivity contribution in [2.75, 3.05) is 0 Å². The van der Waals surface area contributed by atoms with Crippen molar-refractivity contribution in [1.82, 2.24) is 19.7 Å². The van der Waals surface area contributed by atoms with Crippen LogP contribution in [0.4, 0.5) is 0 Å². The highest BCUT2D eigenvalue weighted by molar-refractivity contribution is 7.98. The highest BCUT2D eigenvalue weighted by Crippen LogP contribution is 2.40. The number of thiazole rings is 1. The first kappa shape index (κ1) is 18.4. The predicted octanol–water partition coefficient (Wildman–Crippen LogP) is 5.88. The van der Waals surface area contributed by atoms with Gasteiger partial charge >= 0.3 is 0 Å². The smallest absolute Gasteiger partial charge is 0.191 e. The first-order valence-corrected chi connectivity index (χ1v) is 11.2. The molecule has 0 aliphatic heterocycles. The van der Waals surface area contributed by atoms with E-state index < -0.39 is 0 Å². The largest absolute Gasteiger partial charge is 0.302 e. The van der Waals surface area contributed by atoms with Crippen molar-refractivity contribution in [3.05, 3.63) is 59.4 Å². The summed E-state index contributed by atoms with van der Waals surface area (Å²) in [5.41, 5.74) is 3.64. The van der Waals surface area contributed by atoms with Crippen LogP contribution in [0.15, 0.2) is 47.5 Å². The van der Waals surface area contributed by atoms with Gasteiger partial charge in [0.1, 0.15) is 10.8 Å². The Hall–Kier alpha value is -1.92. The Balaban J connectivity index is 1.45. The molecule has 1 fully saturated rings. The molecule has 6 heteroatoms. The number of hydrogen-bond acceptors (Lipinski definition) is 5. The minimum absolute atomic E-state index is 0.552. The third-order valence-corrected chi connectivity index (χ3v) is 6.67. The molecular formula is C21H24N4S2.